The maximum atomic E-state index is 15.6. The molecule has 0 aromatic heterocycles. The molecule has 0 aliphatic heterocycles. The molecule has 4 rings (SSSR count). The molecular formula is C25H7BCl2F15Si-. The molecule has 0 atom stereocenters. The number of benzene rings is 4. The normalized spacial score (nSPS) is 12.3. The van der Waals surface area contributed by atoms with Gasteiger partial charge in [0.25, 0.3) is 6.69 Å². The predicted molar refractivity (Wildman–Crippen MR) is 132 cm³/mol. The van der Waals surface area contributed by atoms with Crippen molar-refractivity contribution in [3.63, 3.8) is 0 Å². The number of rotatable bonds is 5. The van der Waals surface area contributed by atoms with Gasteiger partial charge in [-0.3, -0.25) is 0 Å². The fraction of sp³-hybridized carbons (Fsp3) is 0.0400. The largest absolute Gasteiger partial charge is 0.277 e. The summed E-state index contributed by atoms with van der Waals surface area (Å²) in [6.07, 6.45) is -5.84. The van der Waals surface area contributed by atoms with Crippen molar-refractivity contribution in [2.24, 2.45) is 0 Å². The Morgan fingerprint density at radius 1 is 0.386 bits per heavy atom. The predicted octanol–water partition coefficient (Wildman–Crippen LogP) is 5.91. The third-order valence-electron chi connectivity index (χ3n) is 6.95. The van der Waals surface area contributed by atoms with E-state index in [-0.39, 0.29) is 5.19 Å². The van der Waals surface area contributed by atoms with Gasteiger partial charge in [0.1, 0.15) is 41.0 Å². The van der Waals surface area contributed by atoms with Crippen LogP contribution in [0.2, 0.25) is 6.55 Å². The molecule has 4 aromatic carbocycles. The third kappa shape index (κ3) is 4.65. The van der Waals surface area contributed by atoms with Crippen LogP contribution in [-0.4, -0.2) is 12.8 Å². The summed E-state index contributed by atoms with van der Waals surface area (Å²) in [6, 6.07) is 2.09. The van der Waals surface area contributed by atoms with E-state index in [1.807, 2.05) is 0 Å². The van der Waals surface area contributed by atoms with Crippen molar-refractivity contribution in [3.8, 4) is 0 Å². The van der Waals surface area contributed by atoms with Crippen LogP contribution < -0.4 is 27.0 Å². The minimum absolute atomic E-state index is 0.137. The van der Waals surface area contributed by atoms with Gasteiger partial charge in [-0.2, -0.15) is 5.46 Å². The second kappa shape index (κ2) is 11.2. The van der Waals surface area contributed by atoms with Gasteiger partial charge < -0.3 is 0 Å². The van der Waals surface area contributed by atoms with Gasteiger partial charge in [0, 0.05) is 0 Å². The summed E-state index contributed by atoms with van der Waals surface area (Å²) >= 11 is 12.1. The summed E-state index contributed by atoms with van der Waals surface area (Å²) in [5, 5.41) is -0.137. The molecular weight excluding hydrogens is 695 g/mol. The molecule has 0 radical (unpaired) electrons. The lowest BCUT2D eigenvalue weighted by atomic mass is 9.12. The van der Waals surface area contributed by atoms with Crippen molar-refractivity contribution in [1.29, 1.82) is 0 Å². The van der Waals surface area contributed by atoms with E-state index >= 15 is 26.3 Å². The topological polar surface area (TPSA) is 0 Å². The molecule has 0 amide bonds. The van der Waals surface area contributed by atoms with E-state index in [9.17, 15) is 39.5 Å². The number of hydrogen-bond acceptors (Lipinski definition) is 0. The van der Waals surface area contributed by atoms with Gasteiger partial charge in [-0.1, -0.05) is 24.3 Å². The van der Waals surface area contributed by atoms with Gasteiger partial charge in [0.15, 0.2) is 52.4 Å². The van der Waals surface area contributed by atoms with Crippen molar-refractivity contribution in [3.05, 3.63) is 112 Å². The van der Waals surface area contributed by atoms with E-state index in [2.05, 4.69) is 0 Å². The average molecular weight is 702 g/mol. The smallest absolute Gasteiger partial charge is 0.207 e. The Morgan fingerprint density at radius 2 is 0.591 bits per heavy atom. The Hall–Kier alpha value is -3.31. The first-order valence-corrected chi connectivity index (χ1v) is 16.0. The molecule has 0 aliphatic rings. The van der Waals surface area contributed by atoms with Crippen molar-refractivity contribution in [2.45, 2.75) is 6.55 Å². The summed E-state index contributed by atoms with van der Waals surface area (Å²) in [5.41, 5.74) is -9.65. The summed E-state index contributed by atoms with van der Waals surface area (Å²) in [7, 11) is 0. The molecule has 0 aliphatic carbocycles. The lowest BCUT2D eigenvalue weighted by molar-refractivity contribution is 0.380. The van der Waals surface area contributed by atoms with E-state index in [1.165, 1.54) is 6.55 Å². The van der Waals surface area contributed by atoms with Gasteiger partial charge in [0.05, 0.1) is 0 Å². The van der Waals surface area contributed by atoms with E-state index < -0.39 is 122 Å². The quantitative estimate of drug-likeness (QED) is 0.0799. The zero-order valence-corrected chi connectivity index (χ0v) is 23.3. The van der Waals surface area contributed by atoms with E-state index in [1.54, 1.807) is 0 Å². The zero-order chi connectivity index (χ0) is 33.4. The van der Waals surface area contributed by atoms with Crippen LogP contribution in [0.5, 0.6) is 0 Å². The van der Waals surface area contributed by atoms with Crippen LogP contribution in [-0.2, 0) is 0 Å². The Morgan fingerprint density at radius 3 is 0.795 bits per heavy atom. The second-order valence-corrected chi connectivity index (χ2v) is 16.8. The van der Waals surface area contributed by atoms with E-state index in [4.69, 9.17) is 22.2 Å². The first-order valence-electron chi connectivity index (χ1n) is 11.4. The summed E-state index contributed by atoms with van der Waals surface area (Å²) < 4.78 is 223. The molecule has 0 heterocycles. The Balaban J connectivity index is 2.53. The van der Waals surface area contributed by atoms with Crippen molar-refractivity contribution >= 4 is 62.0 Å². The minimum atomic E-state index is -5.84. The van der Waals surface area contributed by atoms with E-state index in [0.29, 0.717) is 24.3 Å². The summed E-state index contributed by atoms with van der Waals surface area (Å²) in [4.78, 5) is 0. The zero-order valence-electron chi connectivity index (χ0n) is 20.8. The highest BCUT2D eigenvalue weighted by molar-refractivity contribution is 7.50. The van der Waals surface area contributed by atoms with Gasteiger partial charge in [-0.05, 0) is 11.7 Å². The Bertz CT molecular complexity index is 1600. The molecule has 234 valence electrons. The third-order valence-corrected chi connectivity index (χ3v) is 9.60. The van der Waals surface area contributed by atoms with Gasteiger partial charge in [-0.25, -0.2) is 65.9 Å². The minimum Gasteiger partial charge on any atom is -0.207 e. The summed E-state index contributed by atoms with van der Waals surface area (Å²) in [5.74, 6) is -46.0. The molecule has 0 saturated heterocycles. The SMILES string of the molecule is C[Si](Cl)(Cl)c1ccc([B-](c2c(F)c(F)c(F)c(F)c2F)(c2c(F)c(F)c(F)c(F)c2F)c2c(F)c(F)c(F)c(F)c2F)cc1. The van der Waals surface area contributed by atoms with Crippen LogP contribution >= 0.6 is 22.2 Å². The maximum Gasteiger partial charge on any atom is 0.277 e. The van der Waals surface area contributed by atoms with Gasteiger partial charge in [0.2, 0.25) is 0 Å². The lowest BCUT2D eigenvalue weighted by Crippen LogP contribution is -2.79. The highest BCUT2D eigenvalue weighted by Crippen LogP contribution is 2.28. The molecule has 0 unspecified atom stereocenters. The molecule has 0 bridgehead atoms. The highest BCUT2D eigenvalue weighted by Gasteiger charge is 2.49. The fourth-order valence-electron chi connectivity index (χ4n) is 5.00. The van der Waals surface area contributed by atoms with Crippen molar-refractivity contribution < 1.29 is 65.9 Å². The van der Waals surface area contributed by atoms with Crippen LogP contribution in [0.15, 0.2) is 24.3 Å². The highest BCUT2D eigenvalue weighted by atomic mass is 35.7. The standard InChI is InChI=1S/C25H7BCl2F15Si/c1-44(27,28)7-4-2-6(3-5-7)26(8-11(29)17(35)23(41)18(36)12(8)30,9-13(31)19(37)24(42)20(38)14(9)32)10-15(33)21(39)25(43)22(40)16(10)34/h2-5H,1H3/q-1. The first-order chi connectivity index (χ1) is 20.2. The number of hydrogen-bond donors (Lipinski definition) is 0. The molecule has 0 saturated carbocycles. The molecule has 0 fully saturated rings. The van der Waals surface area contributed by atoms with E-state index in [0.717, 1.165) is 0 Å². The average Bonchev–Trinajstić information content (AvgIpc) is 2.98. The second-order valence-electron chi connectivity index (χ2n) is 9.33. The van der Waals surface area contributed by atoms with Crippen LogP contribution in [0.25, 0.3) is 0 Å². The molecule has 0 nitrogen and oxygen atoms in total. The fourth-order valence-corrected chi connectivity index (χ4v) is 6.51. The van der Waals surface area contributed by atoms with Gasteiger partial charge in [-0.15, -0.1) is 38.5 Å². The molecule has 0 spiro atoms. The lowest BCUT2D eigenvalue weighted by Gasteiger charge is -2.44. The molecule has 44 heavy (non-hydrogen) atoms. The van der Waals surface area contributed by atoms with Gasteiger partial charge >= 0.3 is 0 Å². The Kier molecular flexibility index (Phi) is 8.58. The van der Waals surface area contributed by atoms with Crippen LogP contribution in [0.3, 0.4) is 0 Å². The van der Waals surface area contributed by atoms with Crippen LogP contribution in [0.4, 0.5) is 65.9 Å². The monoisotopic (exact) mass is 701 g/mol. The maximum absolute atomic E-state index is 15.6. The first kappa shape index (κ1) is 33.6. The van der Waals surface area contributed by atoms with Crippen molar-refractivity contribution in [2.75, 3.05) is 0 Å². The Labute approximate surface area is 246 Å². The molecule has 0 N–H and O–H groups in total. The summed E-state index contributed by atoms with van der Waals surface area (Å²) in [6.45, 7) is -2.29. The molecule has 19 heteroatoms. The number of halogens is 17. The van der Waals surface area contributed by atoms with Crippen LogP contribution in [0.1, 0.15) is 0 Å². The molecule has 4 aromatic rings. The van der Waals surface area contributed by atoms with Crippen molar-refractivity contribution in [1.82, 2.24) is 0 Å². The van der Waals surface area contributed by atoms with Crippen LogP contribution in [0, 0.1) is 87.3 Å².